The summed E-state index contributed by atoms with van der Waals surface area (Å²) in [6.45, 7) is 1.98. The van der Waals surface area contributed by atoms with Crippen molar-refractivity contribution in [2.75, 3.05) is 12.3 Å². The van der Waals surface area contributed by atoms with Gasteiger partial charge in [-0.25, -0.2) is 13.8 Å². The zero-order valence-electron chi connectivity index (χ0n) is 10.3. The van der Waals surface area contributed by atoms with Crippen LogP contribution < -0.4 is 5.73 Å². The molecule has 1 aromatic carbocycles. The van der Waals surface area contributed by atoms with Gasteiger partial charge in [-0.2, -0.15) is 0 Å². The summed E-state index contributed by atoms with van der Waals surface area (Å²) in [4.78, 5) is 15.4. The van der Waals surface area contributed by atoms with Crippen LogP contribution in [0.3, 0.4) is 0 Å². The Morgan fingerprint density at radius 1 is 1.42 bits per heavy atom. The standard InChI is InChI=1S/C12H13F2N3O2/c1-2-3-19-11(18)6-17-10-5-8(14)7(13)4-9(10)16-12(17)15/h4-5H,2-3,6H2,1H3,(H2,15,16). The molecule has 0 saturated heterocycles. The molecule has 5 nitrogen and oxygen atoms in total. The first kappa shape index (κ1) is 13.3. The lowest BCUT2D eigenvalue weighted by molar-refractivity contribution is -0.144. The van der Waals surface area contributed by atoms with Crippen LogP contribution in [0.1, 0.15) is 13.3 Å². The van der Waals surface area contributed by atoms with E-state index in [0.29, 0.717) is 13.0 Å². The van der Waals surface area contributed by atoms with Crippen LogP contribution in [-0.2, 0) is 16.1 Å². The van der Waals surface area contributed by atoms with Crippen molar-refractivity contribution in [3.63, 3.8) is 0 Å². The fourth-order valence-corrected chi connectivity index (χ4v) is 1.70. The number of carbonyl (C=O) groups excluding carboxylic acids is 1. The Bertz CT molecular complexity index is 625. The predicted octanol–water partition coefficient (Wildman–Crippen LogP) is 1.85. The van der Waals surface area contributed by atoms with Gasteiger partial charge in [-0.1, -0.05) is 6.92 Å². The maximum absolute atomic E-state index is 13.2. The van der Waals surface area contributed by atoms with Crippen molar-refractivity contribution in [1.82, 2.24) is 9.55 Å². The minimum atomic E-state index is -1.02. The minimum absolute atomic E-state index is 0.00782. The molecular weight excluding hydrogens is 256 g/mol. The third kappa shape index (κ3) is 2.64. The van der Waals surface area contributed by atoms with Crippen LogP contribution in [0.25, 0.3) is 11.0 Å². The van der Waals surface area contributed by atoms with Gasteiger partial charge in [-0.05, 0) is 6.42 Å². The van der Waals surface area contributed by atoms with E-state index in [1.165, 1.54) is 4.57 Å². The molecule has 2 aromatic rings. The van der Waals surface area contributed by atoms with Crippen LogP contribution in [-0.4, -0.2) is 22.1 Å². The first-order valence-corrected chi connectivity index (χ1v) is 5.79. The van der Waals surface area contributed by atoms with Gasteiger partial charge >= 0.3 is 5.97 Å². The largest absolute Gasteiger partial charge is 0.464 e. The van der Waals surface area contributed by atoms with Crippen LogP contribution in [0.15, 0.2) is 12.1 Å². The van der Waals surface area contributed by atoms with Gasteiger partial charge in [0.1, 0.15) is 6.54 Å². The highest BCUT2D eigenvalue weighted by atomic mass is 19.2. The number of aromatic nitrogens is 2. The van der Waals surface area contributed by atoms with Crippen LogP contribution in [0, 0.1) is 11.6 Å². The first-order chi connectivity index (χ1) is 9.02. The number of benzene rings is 1. The Kier molecular flexibility index (Phi) is 3.64. The van der Waals surface area contributed by atoms with Crippen molar-refractivity contribution in [1.29, 1.82) is 0 Å². The Hall–Kier alpha value is -2.18. The van der Waals surface area contributed by atoms with Crippen molar-refractivity contribution in [3.05, 3.63) is 23.8 Å². The molecule has 19 heavy (non-hydrogen) atoms. The van der Waals surface area contributed by atoms with E-state index in [0.717, 1.165) is 12.1 Å². The van der Waals surface area contributed by atoms with Gasteiger partial charge in [0.2, 0.25) is 5.95 Å². The molecule has 102 valence electrons. The van der Waals surface area contributed by atoms with Crippen molar-refractivity contribution in [3.8, 4) is 0 Å². The van der Waals surface area contributed by atoms with E-state index in [1.807, 2.05) is 6.92 Å². The van der Waals surface area contributed by atoms with E-state index in [2.05, 4.69) is 4.98 Å². The second kappa shape index (κ2) is 5.21. The molecule has 0 fully saturated rings. The van der Waals surface area contributed by atoms with Gasteiger partial charge in [-0.3, -0.25) is 9.36 Å². The van der Waals surface area contributed by atoms with Crippen LogP contribution in [0.4, 0.5) is 14.7 Å². The van der Waals surface area contributed by atoms with Gasteiger partial charge in [-0.15, -0.1) is 0 Å². The number of nitrogen functional groups attached to an aromatic ring is 1. The van der Waals surface area contributed by atoms with Crippen molar-refractivity contribution >= 4 is 23.0 Å². The molecule has 0 amide bonds. The molecule has 0 saturated carbocycles. The average Bonchev–Trinajstić information content (AvgIpc) is 2.64. The summed E-state index contributed by atoms with van der Waals surface area (Å²) in [5.74, 6) is -2.52. The molecule has 0 radical (unpaired) electrons. The van der Waals surface area contributed by atoms with E-state index in [-0.39, 0.29) is 23.5 Å². The minimum Gasteiger partial charge on any atom is -0.464 e. The Morgan fingerprint density at radius 3 is 2.79 bits per heavy atom. The topological polar surface area (TPSA) is 70.1 Å². The molecule has 2 N–H and O–H groups in total. The smallest absolute Gasteiger partial charge is 0.326 e. The SMILES string of the molecule is CCCOC(=O)Cn1c(N)nc2cc(F)c(F)cc21. The van der Waals surface area contributed by atoms with Crippen molar-refractivity contribution in [2.45, 2.75) is 19.9 Å². The molecule has 0 aliphatic heterocycles. The van der Waals surface area contributed by atoms with Crippen molar-refractivity contribution < 1.29 is 18.3 Å². The average molecular weight is 269 g/mol. The number of esters is 1. The van der Waals surface area contributed by atoms with E-state index in [1.54, 1.807) is 0 Å². The monoisotopic (exact) mass is 269 g/mol. The van der Waals surface area contributed by atoms with E-state index in [9.17, 15) is 13.6 Å². The second-order valence-corrected chi connectivity index (χ2v) is 4.03. The van der Waals surface area contributed by atoms with Gasteiger partial charge in [0.15, 0.2) is 11.6 Å². The second-order valence-electron chi connectivity index (χ2n) is 4.03. The molecular formula is C12H13F2N3O2. The Labute approximate surface area is 108 Å². The van der Waals surface area contributed by atoms with Gasteiger partial charge < -0.3 is 10.5 Å². The summed E-state index contributed by atoms with van der Waals surface area (Å²) in [6, 6.07) is 1.90. The Balaban J connectivity index is 2.34. The quantitative estimate of drug-likeness (QED) is 0.860. The molecule has 0 aliphatic carbocycles. The lowest BCUT2D eigenvalue weighted by Gasteiger charge is -2.06. The first-order valence-electron chi connectivity index (χ1n) is 5.79. The number of hydrogen-bond donors (Lipinski definition) is 1. The summed E-state index contributed by atoms with van der Waals surface area (Å²) >= 11 is 0. The molecule has 0 bridgehead atoms. The summed E-state index contributed by atoms with van der Waals surface area (Å²) < 4.78 is 32.5. The molecule has 0 spiro atoms. The molecule has 1 aromatic heterocycles. The number of hydrogen-bond acceptors (Lipinski definition) is 4. The molecule has 7 heteroatoms. The fraction of sp³-hybridized carbons (Fsp3) is 0.333. The van der Waals surface area contributed by atoms with Crippen LogP contribution >= 0.6 is 0 Å². The highest BCUT2D eigenvalue weighted by Gasteiger charge is 2.15. The van der Waals surface area contributed by atoms with E-state index in [4.69, 9.17) is 10.5 Å². The number of ether oxygens (including phenoxy) is 1. The number of fused-ring (bicyclic) bond motifs is 1. The number of nitrogens with zero attached hydrogens (tertiary/aromatic N) is 2. The summed E-state index contributed by atoms with van der Waals surface area (Å²) in [7, 11) is 0. The lowest BCUT2D eigenvalue weighted by Crippen LogP contribution is -2.15. The van der Waals surface area contributed by atoms with Gasteiger partial charge in [0, 0.05) is 12.1 Å². The number of imidazole rings is 1. The van der Waals surface area contributed by atoms with Crippen LogP contribution in [0.5, 0.6) is 0 Å². The van der Waals surface area contributed by atoms with Gasteiger partial charge in [0.25, 0.3) is 0 Å². The molecule has 1 heterocycles. The summed E-state index contributed by atoms with van der Waals surface area (Å²) in [5, 5.41) is 0. The number of nitrogens with two attached hydrogens (primary N) is 1. The maximum Gasteiger partial charge on any atom is 0.326 e. The van der Waals surface area contributed by atoms with Gasteiger partial charge in [0.05, 0.1) is 17.6 Å². The molecule has 0 aliphatic rings. The van der Waals surface area contributed by atoms with Crippen molar-refractivity contribution in [2.24, 2.45) is 0 Å². The number of anilines is 1. The zero-order valence-corrected chi connectivity index (χ0v) is 10.3. The van der Waals surface area contributed by atoms with E-state index >= 15 is 0 Å². The number of carbonyl (C=O) groups is 1. The maximum atomic E-state index is 13.2. The molecule has 0 unspecified atom stereocenters. The van der Waals surface area contributed by atoms with E-state index < -0.39 is 17.6 Å². The summed E-state index contributed by atoms with van der Waals surface area (Å²) in [5.41, 5.74) is 6.08. The highest BCUT2D eigenvalue weighted by Crippen LogP contribution is 2.21. The predicted molar refractivity (Wildman–Crippen MR) is 65.3 cm³/mol. The lowest BCUT2D eigenvalue weighted by atomic mass is 10.3. The normalized spacial score (nSPS) is 10.9. The number of rotatable bonds is 4. The fourth-order valence-electron chi connectivity index (χ4n) is 1.70. The molecule has 0 atom stereocenters. The zero-order chi connectivity index (χ0) is 14.0. The summed E-state index contributed by atoms with van der Waals surface area (Å²) in [6.07, 6.45) is 0.700. The third-order valence-electron chi connectivity index (χ3n) is 2.57. The Morgan fingerprint density at radius 2 is 2.11 bits per heavy atom. The molecule has 2 rings (SSSR count). The highest BCUT2D eigenvalue weighted by molar-refractivity contribution is 5.81. The number of halogens is 2. The third-order valence-corrected chi connectivity index (χ3v) is 2.57. The van der Waals surface area contributed by atoms with Crippen LogP contribution in [0.2, 0.25) is 0 Å².